The molecule has 136 valence electrons. The second-order valence-electron chi connectivity index (χ2n) is 4.88. The maximum absolute atomic E-state index is 12.3. The lowest BCUT2D eigenvalue weighted by molar-refractivity contribution is -0.396. The Morgan fingerprint density at radius 2 is 1.46 bits per heavy atom. The minimum absolute atomic E-state index is 0.0469. The van der Waals surface area contributed by atoms with E-state index in [2.05, 4.69) is 0 Å². The van der Waals surface area contributed by atoms with Gasteiger partial charge in [-0.05, 0) is 6.07 Å². The van der Waals surface area contributed by atoms with Gasteiger partial charge in [0.2, 0.25) is 10.0 Å². The number of sulfonamides is 1. The van der Waals surface area contributed by atoms with Crippen molar-refractivity contribution in [3.05, 3.63) is 78.4 Å². The number of rotatable bonds is 7. The fourth-order valence-electron chi connectivity index (χ4n) is 2.08. The van der Waals surface area contributed by atoms with Gasteiger partial charge in [0, 0.05) is 24.2 Å². The van der Waals surface area contributed by atoms with Crippen LogP contribution in [0.15, 0.2) is 47.4 Å². The lowest BCUT2D eigenvalue weighted by Crippen LogP contribution is -2.24. The standard InChI is InChI=1S/C13H10N4O8S/c18-15(19)10-5-6-13(12(7-10)17(22)23)26(24,25)14-8-9-3-1-2-4-11(9)16(20)21/h1-7,14H,8H2. The first kappa shape index (κ1) is 18.9. The molecule has 0 saturated carbocycles. The molecular weight excluding hydrogens is 372 g/mol. The van der Waals surface area contributed by atoms with E-state index in [9.17, 15) is 38.8 Å². The summed E-state index contributed by atoms with van der Waals surface area (Å²) >= 11 is 0. The molecule has 26 heavy (non-hydrogen) atoms. The van der Waals surface area contributed by atoms with Gasteiger partial charge in [0.25, 0.3) is 17.1 Å². The summed E-state index contributed by atoms with van der Waals surface area (Å²) < 4.78 is 26.7. The lowest BCUT2D eigenvalue weighted by atomic mass is 10.2. The quantitative estimate of drug-likeness (QED) is 0.557. The maximum atomic E-state index is 12.3. The number of hydrogen-bond acceptors (Lipinski definition) is 8. The van der Waals surface area contributed by atoms with Crippen LogP contribution in [-0.4, -0.2) is 23.2 Å². The lowest BCUT2D eigenvalue weighted by Gasteiger charge is -2.08. The van der Waals surface area contributed by atoms with E-state index in [-0.39, 0.29) is 11.3 Å². The summed E-state index contributed by atoms with van der Waals surface area (Å²) in [4.78, 5) is 29.3. The van der Waals surface area contributed by atoms with E-state index in [1.165, 1.54) is 24.3 Å². The van der Waals surface area contributed by atoms with Gasteiger partial charge >= 0.3 is 0 Å². The monoisotopic (exact) mass is 382 g/mol. The zero-order chi connectivity index (χ0) is 19.5. The molecule has 0 aliphatic heterocycles. The molecule has 0 aliphatic carbocycles. The Kier molecular flexibility index (Phi) is 5.23. The van der Waals surface area contributed by atoms with Gasteiger partial charge in [0.1, 0.15) is 0 Å². The molecule has 0 saturated heterocycles. The molecule has 0 amide bonds. The first-order chi connectivity index (χ1) is 12.1. The van der Waals surface area contributed by atoms with Gasteiger partial charge in [-0.15, -0.1) is 0 Å². The average molecular weight is 382 g/mol. The highest BCUT2D eigenvalue weighted by atomic mass is 32.2. The highest BCUT2D eigenvalue weighted by Gasteiger charge is 2.29. The normalized spacial score (nSPS) is 11.1. The third-order valence-electron chi connectivity index (χ3n) is 3.28. The molecule has 12 nitrogen and oxygen atoms in total. The first-order valence-electron chi connectivity index (χ1n) is 6.78. The molecule has 1 N–H and O–H groups in total. The van der Waals surface area contributed by atoms with E-state index in [0.29, 0.717) is 6.07 Å². The molecule has 0 fully saturated rings. The minimum Gasteiger partial charge on any atom is -0.258 e. The third-order valence-corrected chi connectivity index (χ3v) is 4.73. The van der Waals surface area contributed by atoms with Crippen molar-refractivity contribution in [2.24, 2.45) is 0 Å². The molecule has 0 aromatic heterocycles. The number of nitro benzene ring substituents is 3. The van der Waals surface area contributed by atoms with E-state index in [4.69, 9.17) is 0 Å². The number of nitrogens with one attached hydrogen (secondary N) is 1. The van der Waals surface area contributed by atoms with Crippen LogP contribution >= 0.6 is 0 Å². The van der Waals surface area contributed by atoms with Crippen LogP contribution in [0.1, 0.15) is 5.56 Å². The highest BCUT2D eigenvalue weighted by molar-refractivity contribution is 7.89. The van der Waals surface area contributed by atoms with Crippen LogP contribution in [0.5, 0.6) is 0 Å². The van der Waals surface area contributed by atoms with Crippen molar-refractivity contribution in [1.82, 2.24) is 4.72 Å². The van der Waals surface area contributed by atoms with E-state index in [0.717, 1.165) is 12.1 Å². The van der Waals surface area contributed by atoms with Crippen LogP contribution in [0.4, 0.5) is 17.1 Å². The summed E-state index contributed by atoms with van der Waals surface area (Å²) in [5, 5.41) is 32.7. The summed E-state index contributed by atoms with van der Waals surface area (Å²) in [6, 6.07) is 7.44. The average Bonchev–Trinajstić information content (AvgIpc) is 2.59. The Morgan fingerprint density at radius 3 is 2.04 bits per heavy atom. The second kappa shape index (κ2) is 7.20. The van der Waals surface area contributed by atoms with Crippen molar-refractivity contribution in [3.63, 3.8) is 0 Å². The van der Waals surface area contributed by atoms with Gasteiger partial charge < -0.3 is 0 Å². The molecule has 0 radical (unpaired) electrons. The summed E-state index contributed by atoms with van der Waals surface area (Å²) in [5.74, 6) is 0. The third kappa shape index (κ3) is 3.96. The van der Waals surface area contributed by atoms with Crippen LogP contribution in [0, 0.1) is 30.3 Å². The molecule has 13 heteroatoms. The number of benzene rings is 2. The predicted molar refractivity (Wildman–Crippen MR) is 86.9 cm³/mol. The summed E-state index contributed by atoms with van der Waals surface area (Å²) in [7, 11) is -4.46. The van der Waals surface area contributed by atoms with E-state index in [1.807, 2.05) is 4.72 Å². The van der Waals surface area contributed by atoms with Crippen molar-refractivity contribution < 1.29 is 23.2 Å². The Balaban J connectivity index is 2.38. The summed E-state index contributed by atoms with van der Waals surface area (Å²) in [6.07, 6.45) is 0. The molecular formula is C13H10N4O8S. The maximum Gasteiger partial charge on any atom is 0.296 e. The van der Waals surface area contributed by atoms with Gasteiger partial charge in [-0.25, -0.2) is 13.1 Å². The van der Waals surface area contributed by atoms with Crippen molar-refractivity contribution in [3.8, 4) is 0 Å². The Morgan fingerprint density at radius 1 is 0.846 bits per heavy atom. The molecule has 0 spiro atoms. The fraction of sp³-hybridized carbons (Fsp3) is 0.0769. The Labute approximate surface area is 145 Å². The number of hydrogen-bond donors (Lipinski definition) is 1. The number of para-hydroxylation sites is 1. The van der Waals surface area contributed by atoms with Crippen molar-refractivity contribution in [2.45, 2.75) is 11.4 Å². The predicted octanol–water partition coefficient (Wildman–Crippen LogP) is 1.89. The van der Waals surface area contributed by atoms with Crippen molar-refractivity contribution in [2.75, 3.05) is 0 Å². The molecule has 0 heterocycles. The van der Waals surface area contributed by atoms with Gasteiger partial charge in [-0.2, -0.15) is 0 Å². The molecule has 2 aromatic carbocycles. The van der Waals surface area contributed by atoms with Gasteiger partial charge in [0.15, 0.2) is 4.90 Å². The van der Waals surface area contributed by atoms with E-state index < -0.39 is 47.6 Å². The van der Waals surface area contributed by atoms with Crippen LogP contribution in [0.2, 0.25) is 0 Å². The Hall–Kier alpha value is -3.45. The molecule has 0 aliphatic rings. The Bertz CT molecular complexity index is 1000. The van der Waals surface area contributed by atoms with Gasteiger partial charge in [-0.3, -0.25) is 30.3 Å². The van der Waals surface area contributed by atoms with Crippen LogP contribution < -0.4 is 4.72 Å². The largest absolute Gasteiger partial charge is 0.296 e. The highest BCUT2D eigenvalue weighted by Crippen LogP contribution is 2.28. The summed E-state index contributed by atoms with van der Waals surface area (Å²) in [6.45, 7) is -0.492. The van der Waals surface area contributed by atoms with E-state index >= 15 is 0 Å². The second-order valence-corrected chi connectivity index (χ2v) is 6.61. The van der Waals surface area contributed by atoms with E-state index in [1.54, 1.807) is 0 Å². The molecule has 2 rings (SSSR count). The van der Waals surface area contributed by atoms with Crippen LogP contribution in [0.3, 0.4) is 0 Å². The van der Waals surface area contributed by atoms with Gasteiger partial charge in [-0.1, -0.05) is 18.2 Å². The smallest absolute Gasteiger partial charge is 0.258 e. The topological polar surface area (TPSA) is 176 Å². The van der Waals surface area contributed by atoms with Crippen molar-refractivity contribution >= 4 is 27.1 Å². The molecule has 0 atom stereocenters. The zero-order valence-electron chi connectivity index (χ0n) is 12.8. The van der Waals surface area contributed by atoms with Gasteiger partial charge in [0.05, 0.1) is 20.8 Å². The summed E-state index contributed by atoms with van der Waals surface area (Å²) in [5.41, 5.74) is -1.90. The first-order valence-corrected chi connectivity index (χ1v) is 8.26. The van der Waals surface area contributed by atoms with Crippen LogP contribution in [-0.2, 0) is 16.6 Å². The van der Waals surface area contributed by atoms with Crippen molar-refractivity contribution in [1.29, 1.82) is 0 Å². The number of nitrogens with zero attached hydrogens (tertiary/aromatic N) is 3. The molecule has 0 unspecified atom stereocenters. The fourth-order valence-corrected chi connectivity index (χ4v) is 3.24. The minimum atomic E-state index is -4.46. The molecule has 2 aromatic rings. The molecule has 0 bridgehead atoms. The number of non-ortho nitro benzene ring substituents is 1. The zero-order valence-corrected chi connectivity index (χ0v) is 13.6. The SMILES string of the molecule is O=[N+]([O-])c1ccc(S(=O)(=O)NCc2ccccc2[N+](=O)[O-])c([N+](=O)[O-])c1. The number of nitro groups is 3. The van der Waals surface area contributed by atoms with Crippen LogP contribution in [0.25, 0.3) is 0 Å².